The van der Waals surface area contributed by atoms with Gasteiger partial charge in [-0.15, -0.1) is 11.3 Å². The average molecular weight is 333 g/mol. The van der Waals surface area contributed by atoms with Crippen LogP contribution in [0.4, 0.5) is 5.69 Å². The number of anilines is 1. The molecular weight excluding hydrogens is 314 g/mol. The van der Waals surface area contributed by atoms with Gasteiger partial charge in [0.1, 0.15) is 5.01 Å². The molecular formula is C15H19N5S2. The van der Waals surface area contributed by atoms with Gasteiger partial charge in [0.15, 0.2) is 5.11 Å². The fourth-order valence-corrected chi connectivity index (χ4v) is 3.45. The van der Waals surface area contributed by atoms with Crippen LogP contribution in [0.15, 0.2) is 36.1 Å². The Bertz CT molecular complexity index is 587. The summed E-state index contributed by atoms with van der Waals surface area (Å²) in [5, 5.41) is 7.27. The Balaban J connectivity index is 1.52. The molecule has 3 rings (SSSR count). The van der Waals surface area contributed by atoms with E-state index in [-0.39, 0.29) is 0 Å². The lowest BCUT2D eigenvalue weighted by Crippen LogP contribution is -2.37. The quantitative estimate of drug-likeness (QED) is 0.871. The Kier molecular flexibility index (Phi) is 5.31. The topological polar surface area (TPSA) is 44.3 Å². The van der Waals surface area contributed by atoms with Gasteiger partial charge in [0.2, 0.25) is 0 Å². The molecule has 1 aliphatic heterocycles. The second-order valence-corrected chi connectivity index (χ2v) is 6.58. The van der Waals surface area contributed by atoms with Crippen molar-refractivity contribution in [2.24, 2.45) is 0 Å². The lowest BCUT2D eigenvalue weighted by atomic mass is 10.4. The number of thiazole rings is 1. The van der Waals surface area contributed by atoms with E-state index < -0.39 is 0 Å². The Morgan fingerprint density at radius 3 is 3.00 bits per heavy atom. The summed E-state index contributed by atoms with van der Waals surface area (Å²) in [7, 11) is 0. The third-order valence-electron chi connectivity index (χ3n) is 3.63. The van der Waals surface area contributed by atoms with E-state index in [0.29, 0.717) is 0 Å². The molecule has 0 bridgehead atoms. The molecule has 0 atom stereocenters. The monoisotopic (exact) mass is 333 g/mol. The molecule has 7 heteroatoms. The molecule has 116 valence electrons. The molecule has 3 heterocycles. The van der Waals surface area contributed by atoms with E-state index in [4.69, 9.17) is 12.2 Å². The molecule has 22 heavy (non-hydrogen) atoms. The van der Waals surface area contributed by atoms with Gasteiger partial charge >= 0.3 is 0 Å². The van der Waals surface area contributed by atoms with E-state index in [0.717, 1.165) is 49.9 Å². The van der Waals surface area contributed by atoms with E-state index in [9.17, 15) is 0 Å². The summed E-state index contributed by atoms with van der Waals surface area (Å²) in [6.45, 7) is 4.96. The number of aromatic nitrogens is 2. The Morgan fingerprint density at radius 1 is 1.27 bits per heavy atom. The van der Waals surface area contributed by atoms with Crippen LogP contribution in [0.5, 0.6) is 0 Å². The molecule has 2 aromatic rings. The minimum atomic E-state index is 0.782. The summed E-state index contributed by atoms with van der Waals surface area (Å²) in [6.07, 6.45) is 6.53. The zero-order valence-corrected chi connectivity index (χ0v) is 13.9. The van der Waals surface area contributed by atoms with Crippen LogP contribution < -0.4 is 5.32 Å². The molecule has 0 saturated carbocycles. The zero-order chi connectivity index (χ0) is 15.2. The maximum Gasteiger partial charge on any atom is 0.173 e. The molecule has 1 fully saturated rings. The minimum absolute atomic E-state index is 0.782. The zero-order valence-electron chi connectivity index (χ0n) is 12.3. The van der Waals surface area contributed by atoms with Crippen molar-refractivity contribution in [3.63, 3.8) is 0 Å². The lowest BCUT2D eigenvalue weighted by molar-refractivity contribution is 0.278. The standard InChI is InChI=1S/C15H19N5S2/c21-15(18-13-3-1-4-16-11-13)20-7-2-6-19(8-9-20)12-14-17-5-10-22-14/h1,3-5,10-11H,2,6-9,12H2,(H,18,21). The van der Waals surface area contributed by atoms with Crippen molar-refractivity contribution in [2.75, 3.05) is 31.5 Å². The lowest BCUT2D eigenvalue weighted by Gasteiger charge is -2.24. The van der Waals surface area contributed by atoms with Crippen LogP contribution in [0.2, 0.25) is 0 Å². The van der Waals surface area contributed by atoms with Crippen molar-refractivity contribution in [1.82, 2.24) is 19.8 Å². The van der Waals surface area contributed by atoms with E-state index in [1.54, 1.807) is 23.7 Å². The summed E-state index contributed by atoms with van der Waals surface area (Å²) in [6, 6.07) is 3.88. The summed E-state index contributed by atoms with van der Waals surface area (Å²) < 4.78 is 0. The highest BCUT2D eigenvalue weighted by Gasteiger charge is 2.17. The van der Waals surface area contributed by atoms with E-state index in [1.165, 1.54) is 5.01 Å². The van der Waals surface area contributed by atoms with Gasteiger partial charge in [0.25, 0.3) is 0 Å². The van der Waals surface area contributed by atoms with Crippen molar-refractivity contribution >= 4 is 34.4 Å². The van der Waals surface area contributed by atoms with E-state index in [1.807, 2.05) is 23.7 Å². The average Bonchev–Trinajstić information content (AvgIpc) is 2.92. The van der Waals surface area contributed by atoms with Gasteiger partial charge in [0.05, 0.1) is 18.4 Å². The molecule has 0 radical (unpaired) electrons. The van der Waals surface area contributed by atoms with Crippen LogP contribution in [0.25, 0.3) is 0 Å². The van der Waals surface area contributed by atoms with Crippen LogP contribution in [0.3, 0.4) is 0 Å². The van der Waals surface area contributed by atoms with Gasteiger partial charge in [-0.25, -0.2) is 4.98 Å². The summed E-state index contributed by atoms with van der Waals surface area (Å²) in [5.41, 5.74) is 0.941. The number of hydrogen-bond donors (Lipinski definition) is 1. The SMILES string of the molecule is S=C(Nc1cccnc1)N1CCCN(Cc2nccs2)CC1. The first-order chi connectivity index (χ1) is 10.8. The highest BCUT2D eigenvalue weighted by Crippen LogP contribution is 2.12. The van der Waals surface area contributed by atoms with E-state index >= 15 is 0 Å². The fraction of sp³-hybridized carbons (Fsp3) is 0.400. The molecule has 0 aromatic carbocycles. The third-order valence-corrected chi connectivity index (χ3v) is 4.76. The normalized spacial score (nSPS) is 16.3. The van der Waals surface area contributed by atoms with E-state index in [2.05, 4.69) is 25.1 Å². The first-order valence-electron chi connectivity index (χ1n) is 7.38. The molecule has 1 aliphatic rings. The number of rotatable bonds is 3. The smallest absolute Gasteiger partial charge is 0.173 e. The molecule has 0 unspecified atom stereocenters. The Morgan fingerprint density at radius 2 is 2.23 bits per heavy atom. The molecule has 2 aromatic heterocycles. The second kappa shape index (κ2) is 7.62. The predicted molar refractivity (Wildman–Crippen MR) is 94.0 cm³/mol. The van der Waals surface area contributed by atoms with Gasteiger partial charge < -0.3 is 10.2 Å². The molecule has 1 N–H and O–H groups in total. The summed E-state index contributed by atoms with van der Waals surface area (Å²) in [4.78, 5) is 13.2. The maximum absolute atomic E-state index is 5.53. The van der Waals surface area contributed by atoms with Crippen molar-refractivity contribution in [3.8, 4) is 0 Å². The van der Waals surface area contributed by atoms with Crippen LogP contribution in [0, 0.1) is 0 Å². The summed E-state index contributed by atoms with van der Waals surface area (Å²) >= 11 is 7.25. The molecule has 0 amide bonds. The van der Waals surface area contributed by atoms with Crippen LogP contribution in [-0.2, 0) is 6.54 Å². The number of pyridine rings is 1. The number of thiocarbonyl (C=S) groups is 1. The van der Waals surface area contributed by atoms with Gasteiger partial charge in [0, 0.05) is 44.0 Å². The van der Waals surface area contributed by atoms with Gasteiger partial charge in [-0.1, -0.05) is 0 Å². The number of hydrogen-bond acceptors (Lipinski definition) is 5. The van der Waals surface area contributed by atoms with Crippen molar-refractivity contribution in [3.05, 3.63) is 41.1 Å². The summed E-state index contributed by atoms with van der Waals surface area (Å²) in [5.74, 6) is 0. The fourth-order valence-electron chi connectivity index (χ4n) is 2.49. The predicted octanol–water partition coefficient (Wildman–Crippen LogP) is 2.44. The van der Waals surface area contributed by atoms with Crippen molar-refractivity contribution in [1.29, 1.82) is 0 Å². The van der Waals surface area contributed by atoms with Crippen LogP contribution >= 0.6 is 23.6 Å². The molecule has 0 aliphatic carbocycles. The minimum Gasteiger partial charge on any atom is -0.348 e. The second-order valence-electron chi connectivity index (χ2n) is 5.21. The van der Waals surface area contributed by atoms with Gasteiger partial charge in [-0.3, -0.25) is 9.88 Å². The highest BCUT2D eigenvalue weighted by atomic mass is 32.1. The van der Waals surface area contributed by atoms with Crippen LogP contribution in [0.1, 0.15) is 11.4 Å². The third kappa shape index (κ3) is 4.22. The van der Waals surface area contributed by atoms with Crippen LogP contribution in [-0.4, -0.2) is 51.1 Å². The molecule has 5 nitrogen and oxygen atoms in total. The maximum atomic E-state index is 5.53. The van der Waals surface area contributed by atoms with Crippen molar-refractivity contribution < 1.29 is 0 Å². The van der Waals surface area contributed by atoms with Crippen molar-refractivity contribution in [2.45, 2.75) is 13.0 Å². The largest absolute Gasteiger partial charge is 0.348 e. The Hall–Kier alpha value is -1.57. The number of nitrogens with zero attached hydrogens (tertiary/aromatic N) is 4. The van der Waals surface area contributed by atoms with Gasteiger partial charge in [-0.2, -0.15) is 0 Å². The first-order valence-corrected chi connectivity index (χ1v) is 8.67. The highest BCUT2D eigenvalue weighted by molar-refractivity contribution is 7.80. The van der Waals surface area contributed by atoms with Gasteiger partial charge in [-0.05, 0) is 30.8 Å². The number of nitrogens with one attached hydrogen (secondary N) is 1. The Labute approximate surface area is 140 Å². The first kappa shape index (κ1) is 15.3. The molecule has 1 saturated heterocycles. The molecule has 0 spiro atoms.